The van der Waals surface area contributed by atoms with Crippen molar-refractivity contribution in [3.05, 3.63) is 98.7 Å². The number of halogens is 4. The topological polar surface area (TPSA) is 84.8 Å². The van der Waals surface area contributed by atoms with Gasteiger partial charge in [0, 0.05) is 38.0 Å². The molecule has 11 heteroatoms. The average molecular weight is 490 g/mol. The van der Waals surface area contributed by atoms with E-state index in [1.165, 1.54) is 12.3 Å². The summed E-state index contributed by atoms with van der Waals surface area (Å²) in [6.07, 6.45) is 0.905. The van der Waals surface area contributed by atoms with Crippen LogP contribution in [-0.2, 0) is 26.2 Å². The van der Waals surface area contributed by atoms with E-state index in [0.717, 1.165) is 23.3 Å². The number of hydrogen-bond acceptors (Lipinski definition) is 5. The van der Waals surface area contributed by atoms with Crippen molar-refractivity contribution in [3.63, 3.8) is 0 Å². The highest BCUT2D eigenvalue weighted by molar-refractivity contribution is 6.31. The first-order valence-corrected chi connectivity index (χ1v) is 10.5. The fourth-order valence-corrected chi connectivity index (χ4v) is 3.43. The predicted molar refractivity (Wildman–Crippen MR) is 121 cm³/mol. The number of hydrogen-bond donors (Lipinski definition) is 2. The van der Waals surface area contributed by atoms with Crippen molar-refractivity contribution in [2.24, 2.45) is 7.05 Å². The maximum atomic E-state index is 13.0. The van der Waals surface area contributed by atoms with Crippen molar-refractivity contribution in [1.82, 2.24) is 19.7 Å². The van der Waals surface area contributed by atoms with Gasteiger partial charge in [0.1, 0.15) is 11.5 Å². The standard InChI is InChI=1S/C23H19ClF3N5O2/c1-32-13-15(11-30-32)8-16-12-29-22(31-21(16)33)28-10-14-2-4-17(5-3-14)34-18-6-7-20(24)19(9-18)23(25,26)27/h2-7,9,11-13H,8,10H2,1H3,(H2,28,29,31,33). The second-order valence-corrected chi connectivity index (χ2v) is 7.93. The molecule has 0 saturated carbocycles. The molecule has 0 amide bonds. The van der Waals surface area contributed by atoms with E-state index in [1.54, 1.807) is 42.2 Å². The summed E-state index contributed by atoms with van der Waals surface area (Å²) in [7, 11) is 1.80. The van der Waals surface area contributed by atoms with Crippen molar-refractivity contribution in [2.75, 3.05) is 5.32 Å². The highest BCUT2D eigenvalue weighted by Gasteiger charge is 2.33. The van der Waals surface area contributed by atoms with Crippen LogP contribution >= 0.6 is 11.6 Å². The van der Waals surface area contributed by atoms with Crippen LogP contribution in [0.5, 0.6) is 11.5 Å². The molecule has 0 atom stereocenters. The number of aryl methyl sites for hydroxylation is 1. The quantitative estimate of drug-likeness (QED) is 0.374. The molecule has 2 aromatic carbocycles. The first-order valence-electron chi connectivity index (χ1n) is 10.1. The number of nitrogens with one attached hydrogen (secondary N) is 2. The van der Waals surface area contributed by atoms with Crippen molar-refractivity contribution in [2.45, 2.75) is 19.1 Å². The maximum Gasteiger partial charge on any atom is 0.417 e. The third-order valence-electron chi connectivity index (χ3n) is 4.89. The number of nitrogens with zero attached hydrogens (tertiary/aromatic N) is 3. The first-order chi connectivity index (χ1) is 16.2. The van der Waals surface area contributed by atoms with Gasteiger partial charge in [0.2, 0.25) is 5.95 Å². The molecular formula is C23H19ClF3N5O2. The van der Waals surface area contributed by atoms with E-state index in [-0.39, 0.29) is 11.3 Å². The Labute approximate surface area is 197 Å². The molecule has 0 aliphatic rings. The smallest absolute Gasteiger partial charge is 0.417 e. The van der Waals surface area contributed by atoms with Crippen molar-refractivity contribution < 1.29 is 17.9 Å². The normalized spacial score (nSPS) is 11.4. The summed E-state index contributed by atoms with van der Waals surface area (Å²) in [6.45, 7) is 0.365. The van der Waals surface area contributed by atoms with Crippen molar-refractivity contribution >= 4 is 17.5 Å². The fraction of sp³-hybridized carbons (Fsp3) is 0.174. The Hall–Kier alpha value is -3.79. The number of anilines is 1. The summed E-state index contributed by atoms with van der Waals surface area (Å²) in [5.74, 6) is 0.711. The van der Waals surface area contributed by atoms with Gasteiger partial charge in [0.15, 0.2) is 0 Å². The van der Waals surface area contributed by atoms with Gasteiger partial charge in [-0.3, -0.25) is 14.5 Å². The summed E-state index contributed by atoms with van der Waals surface area (Å²) in [5, 5.41) is 6.72. The van der Waals surface area contributed by atoms with Gasteiger partial charge in [-0.15, -0.1) is 0 Å². The number of ether oxygens (including phenoxy) is 1. The largest absolute Gasteiger partial charge is 0.457 e. The van der Waals surface area contributed by atoms with Gasteiger partial charge in [0.05, 0.1) is 16.8 Å². The summed E-state index contributed by atoms with van der Waals surface area (Å²) >= 11 is 5.63. The summed E-state index contributed by atoms with van der Waals surface area (Å²) in [4.78, 5) is 19.3. The van der Waals surface area contributed by atoms with Crippen LogP contribution in [0.25, 0.3) is 0 Å². The van der Waals surface area contributed by atoms with Crippen molar-refractivity contribution in [1.29, 1.82) is 0 Å². The van der Waals surface area contributed by atoms with E-state index in [1.807, 2.05) is 6.20 Å². The number of rotatable bonds is 7. The zero-order chi connectivity index (χ0) is 24.3. The Balaban J connectivity index is 1.36. The first kappa shape index (κ1) is 23.4. The SMILES string of the molecule is Cn1cc(Cc2cnc(NCc3ccc(Oc4ccc(Cl)c(C(F)(F)F)c4)cc3)[nH]c2=O)cn1. The minimum atomic E-state index is -4.57. The van der Waals surface area contributed by atoms with Gasteiger partial charge in [-0.2, -0.15) is 18.3 Å². The van der Waals surface area contributed by atoms with Crippen LogP contribution in [0, 0.1) is 0 Å². The molecule has 0 saturated heterocycles. The Morgan fingerprint density at radius 3 is 2.47 bits per heavy atom. The second kappa shape index (κ2) is 9.60. The summed E-state index contributed by atoms with van der Waals surface area (Å²) in [5.41, 5.74) is 1.08. The molecule has 34 heavy (non-hydrogen) atoms. The number of aromatic amines is 1. The van der Waals surface area contributed by atoms with Crippen LogP contribution in [0.2, 0.25) is 5.02 Å². The third kappa shape index (κ3) is 5.76. The van der Waals surface area contributed by atoms with Gasteiger partial charge < -0.3 is 10.1 Å². The van der Waals surface area contributed by atoms with Gasteiger partial charge in [-0.1, -0.05) is 23.7 Å². The molecular weight excluding hydrogens is 471 g/mol. The van der Waals surface area contributed by atoms with Crippen LogP contribution in [0.4, 0.5) is 19.1 Å². The average Bonchev–Trinajstić information content (AvgIpc) is 3.20. The summed E-state index contributed by atoms with van der Waals surface area (Å²) in [6, 6.07) is 10.1. The molecule has 0 fully saturated rings. The molecule has 4 aromatic rings. The lowest BCUT2D eigenvalue weighted by molar-refractivity contribution is -0.137. The zero-order valence-corrected chi connectivity index (χ0v) is 18.6. The molecule has 4 rings (SSSR count). The lowest BCUT2D eigenvalue weighted by Crippen LogP contribution is -2.17. The summed E-state index contributed by atoms with van der Waals surface area (Å²) < 4.78 is 46.2. The lowest BCUT2D eigenvalue weighted by atomic mass is 10.1. The minimum Gasteiger partial charge on any atom is -0.457 e. The van der Waals surface area contributed by atoms with E-state index in [2.05, 4.69) is 20.4 Å². The van der Waals surface area contributed by atoms with Crippen LogP contribution < -0.4 is 15.6 Å². The molecule has 2 N–H and O–H groups in total. The molecule has 7 nitrogen and oxygen atoms in total. The van der Waals surface area contributed by atoms with E-state index in [9.17, 15) is 18.0 Å². The van der Waals surface area contributed by atoms with Crippen molar-refractivity contribution in [3.8, 4) is 11.5 Å². The highest BCUT2D eigenvalue weighted by atomic mass is 35.5. The monoisotopic (exact) mass is 489 g/mol. The molecule has 0 aliphatic carbocycles. The number of aromatic nitrogens is 4. The van der Waals surface area contributed by atoms with E-state index in [4.69, 9.17) is 16.3 Å². The minimum absolute atomic E-state index is 0.0238. The van der Waals surface area contributed by atoms with Crippen LogP contribution in [-0.4, -0.2) is 19.7 Å². The van der Waals surface area contributed by atoms with E-state index in [0.29, 0.717) is 30.2 Å². The predicted octanol–water partition coefficient (Wildman–Crippen LogP) is 5.17. The van der Waals surface area contributed by atoms with Gasteiger partial charge >= 0.3 is 6.18 Å². The van der Waals surface area contributed by atoms with E-state index < -0.39 is 16.8 Å². The maximum absolute atomic E-state index is 13.0. The number of benzene rings is 2. The Morgan fingerprint density at radius 1 is 1.09 bits per heavy atom. The van der Waals surface area contributed by atoms with Crippen LogP contribution in [0.15, 0.2) is 65.8 Å². The second-order valence-electron chi connectivity index (χ2n) is 7.52. The van der Waals surface area contributed by atoms with Gasteiger partial charge in [-0.25, -0.2) is 4.98 Å². The molecule has 0 bridgehead atoms. The number of alkyl halides is 3. The van der Waals surface area contributed by atoms with E-state index >= 15 is 0 Å². The Morgan fingerprint density at radius 2 is 1.82 bits per heavy atom. The van der Waals surface area contributed by atoms with Gasteiger partial charge in [0.25, 0.3) is 5.56 Å². The molecule has 0 radical (unpaired) electrons. The van der Waals surface area contributed by atoms with Crippen LogP contribution in [0.1, 0.15) is 22.3 Å². The van der Waals surface area contributed by atoms with Crippen LogP contribution in [0.3, 0.4) is 0 Å². The molecule has 176 valence electrons. The Kier molecular flexibility index (Phi) is 6.60. The highest BCUT2D eigenvalue weighted by Crippen LogP contribution is 2.37. The molecule has 0 spiro atoms. The lowest BCUT2D eigenvalue weighted by Gasteiger charge is -2.12. The Bertz CT molecular complexity index is 1350. The molecule has 2 heterocycles. The fourth-order valence-electron chi connectivity index (χ4n) is 3.20. The van der Waals surface area contributed by atoms with Gasteiger partial charge in [-0.05, 0) is 41.5 Å². The third-order valence-corrected chi connectivity index (χ3v) is 5.22. The molecule has 0 unspecified atom stereocenters. The molecule has 0 aliphatic heterocycles. The number of H-pyrrole nitrogens is 1. The molecule has 2 aromatic heterocycles. The zero-order valence-electron chi connectivity index (χ0n) is 17.9.